The van der Waals surface area contributed by atoms with E-state index in [0.717, 1.165) is 31.5 Å². The number of amides is 1. The first-order chi connectivity index (χ1) is 14.5. The van der Waals surface area contributed by atoms with Gasteiger partial charge in [-0.05, 0) is 57.1 Å². The molecule has 1 saturated heterocycles. The molecule has 7 nitrogen and oxygen atoms in total. The molecule has 30 heavy (non-hydrogen) atoms. The van der Waals surface area contributed by atoms with E-state index in [9.17, 15) is 9.59 Å². The first-order valence-corrected chi connectivity index (χ1v) is 9.96. The van der Waals surface area contributed by atoms with Gasteiger partial charge in [-0.3, -0.25) is 5.32 Å². The lowest BCUT2D eigenvalue weighted by Gasteiger charge is -2.29. The van der Waals surface area contributed by atoms with Crippen molar-refractivity contribution in [3.63, 3.8) is 0 Å². The summed E-state index contributed by atoms with van der Waals surface area (Å²) >= 11 is 0. The Bertz CT molecular complexity index is 1100. The molecule has 1 amide bonds. The molecule has 3 aromatic rings. The Morgan fingerprint density at radius 2 is 1.87 bits per heavy atom. The minimum absolute atomic E-state index is 0.0202. The van der Waals surface area contributed by atoms with Crippen LogP contribution >= 0.6 is 0 Å². The van der Waals surface area contributed by atoms with Gasteiger partial charge in [0.1, 0.15) is 28.9 Å². The zero-order valence-corrected chi connectivity index (χ0v) is 17.0. The van der Waals surface area contributed by atoms with Crippen LogP contribution in [0.1, 0.15) is 18.4 Å². The zero-order valence-electron chi connectivity index (χ0n) is 17.0. The molecule has 1 aliphatic heterocycles. The summed E-state index contributed by atoms with van der Waals surface area (Å²) in [6.45, 7) is 3.87. The molecule has 156 valence electrons. The predicted octanol–water partition coefficient (Wildman–Crippen LogP) is 4.19. The molecule has 2 heterocycles. The molecule has 2 aromatic carbocycles. The van der Waals surface area contributed by atoms with Gasteiger partial charge in [0.15, 0.2) is 0 Å². The third-order valence-corrected chi connectivity index (χ3v) is 5.25. The molecule has 0 radical (unpaired) electrons. The minimum Gasteiger partial charge on any atom is -0.490 e. The Balaban J connectivity index is 1.52. The van der Waals surface area contributed by atoms with Crippen molar-refractivity contribution < 1.29 is 18.7 Å². The zero-order chi connectivity index (χ0) is 21.1. The maximum Gasteiger partial charge on any atom is 0.417 e. The molecule has 1 N–H and O–H groups in total. The van der Waals surface area contributed by atoms with Crippen LogP contribution in [-0.2, 0) is 0 Å². The van der Waals surface area contributed by atoms with Crippen LogP contribution in [0.4, 0.5) is 10.5 Å². The third kappa shape index (κ3) is 4.46. The number of carbonyl (C=O) groups excluding carboxylic acids is 1. The Labute approximate surface area is 174 Å². The van der Waals surface area contributed by atoms with Crippen LogP contribution in [-0.4, -0.2) is 37.2 Å². The number of likely N-dealkylation sites (tertiary alicyclic amines) is 1. The maximum atomic E-state index is 12.4. The van der Waals surface area contributed by atoms with E-state index in [1.54, 1.807) is 30.3 Å². The number of para-hydroxylation sites is 1. The van der Waals surface area contributed by atoms with Gasteiger partial charge in [0.05, 0.1) is 0 Å². The number of piperidine rings is 1. The summed E-state index contributed by atoms with van der Waals surface area (Å²) in [6.07, 6.45) is 1.32. The monoisotopic (exact) mass is 408 g/mol. The molecular weight excluding hydrogens is 384 g/mol. The molecule has 0 saturated carbocycles. The lowest BCUT2D eigenvalue weighted by molar-refractivity contribution is 0.113. The van der Waals surface area contributed by atoms with Crippen LogP contribution in [0.15, 0.2) is 57.7 Å². The van der Waals surface area contributed by atoms with Gasteiger partial charge in [0, 0.05) is 24.0 Å². The first-order valence-electron chi connectivity index (χ1n) is 9.96. The highest BCUT2D eigenvalue weighted by atomic mass is 16.6. The number of ether oxygens (including phenoxy) is 2. The number of fused-ring (bicyclic) bond motifs is 1. The smallest absolute Gasteiger partial charge is 0.417 e. The second-order valence-electron chi connectivity index (χ2n) is 7.50. The van der Waals surface area contributed by atoms with E-state index in [1.165, 1.54) is 0 Å². The first kappa shape index (κ1) is 20.0. The molecule has 1 aromatic heterocycles. The topological polar surface area (TPSA) is 81.0 Å². The minimum atomic E-state index is -0.758. The Hall–Kier alpha value is -3.32. The fraction of sp³-hybridized carbons (Fsp3) is 0.304. The molecule has 1 aliphatic rings. The predicted molar refractivity (Wildman–Crippen MR) is 114 cm³/mol. The van der Waals surface area contributed by atoms with Crippen molar-refractivity contribution in [1.82, 2.24) is 4.90 Å². The lowest BCUT2D eigenvalue weighted by atomic mass is 10.1. The highest BCUT2D eigenvalue weighted by Crippen LogP contribution is 2.29. The van der Waals surface area contributed by atoms with Gasteiger partial charge < -0.3 is 18.8 Å². The third-order valence-electron chi connectivity index (χ3n) is 5.25. The number of hydrogen-bond acceptors (Lipinski definition) is 6. The summed E-state index contributed by atoms with van der Waals surface area (Å²) in [6, 6.07) is 13.9. The number of carbonyl (C=O) groups is 1. The normalized spacial score (nSPS) is 15.1. The van der Waals surface area contributed by atoms with Gasteiger partial charge in [-0.25, -0.2) is 9.59 Å². The van der Waals surface area contributed by atoms with Crippen LogP contribution in [0.5, 0.6) is 11.5 Å². The summed E-state index contributed by atoms with van der Waals surface area (Å²) in [5.74, 6) is 1.09. The molecule has 0 aliphatic carbocycles. The number of rotatable bonds is 4. The standard InChI is InChI=1S/C23H24N2O5/c1-15-20(28-18-10-12-25(2)13-11-18)9-8-16-14-19(22(26)30-21(15)16)24-23(27)29-17-6-4-3-5-7-17/h3-9,14,18H,10-13H2,1-2H3,(H,24,27). The van der Waals surface area contributed by atoms with Crippen molar-refractivity contribution in [3.8, 4) is 11.5 Å². The van der Waals surface area contributed by atoms with E-state index < -0.39 is 11.7 Å². The van der Waals surface area contributed by atoms with Crippen LogP contribution in [0.2, 0.25) is 0 Å². The fourth-order valence-electron chi connectivity index (χ4n) is 3.53. The molecular formula is C23H24N2O5. The van der Waals surface area contributed by atoms with Crippen LogP contribution < -0.4 is 20.4 Å². The average molecular weight is 408 g/mol. The second-order valence-corrected chi connectivity index (χ2v) is 7.50. The molecule has 7 heteroatoms. The Morgan fingerprint density at radius 3 is 2.60 bits per heavy atom. The largest absolute Gasteiger partial charge is 0.490 e. The number of nitrogens with one attached hydrogen (secondary N) is 1. The SMILES string of the molecule is Cc1c(OC2CCN(C)CC2)ccc2cc(NC(=O)Oc3ccccc3)c(=O)oc12. The van der Waals surface area contributed by atoms with Gasteiger partial charge in [-0.1, -0.05) is 18.2 Å². The molecule has 0 spiro atoms. The second kappa shape index (κ2) is 8.59. The van der Waals surface area contributed by atoms with Crippen molar-refractivity contribution in [1.29, 1.82) is 0 Å². The fourth-order valence-corrected chi connectivity index (χ4v) is 3.53. The summed E-state index contributed by atoms with van der Waals surface area (Å²) in [7, 11) is 2.10. The van der Waals surface area contributed by atoms with Gasteiger partial charge >= 0.3 is 11.7 Å². The van der Waals surface area contributed by atoms with Crippen molar-refractivity contribution in [2.24, 2.45) is 0 Å². The molecule has 4 rings (SSSR count). The van der Waals surface area contributed by atoms with Crippen LogP contribution in [0, 0.1) is 6.92 Å². The van der Waals surface area contributed by atoms with Crippen molar-refractivity contribution >= 4 is 22.7 Å². The van der Waals surface area contributed by atoms with Gasteiger partial charge in [0.25, 0.3) is 0 Å². The molecule has 0 atom stereocenters. The van der Waals surface area contributed by atoms with Crippen molar-refractivity contribution in [2.75, 3.05) is 25.5 Å². The quantitative estimate of drug-likeness (QED) is 0.652. The highest BCUT2D eigenvalue weighted by molar-refractivity contribution is 5.90. The molecule has 0 unspecified atom stereocenters. The lowest BCUT2D eigenvalue weighted by Crippen LogP contribution is -2.35. The van der Waals surface area contributed by atoms with Gasteiger partial charge in [-0.15, -0.1) is 0 Å². The van der Waals surface area contributed by atoms with Crippen molar-refractivity contribution in [3.05, 3.63) is 64.5 Å². The summed E-state index contributed by atoms with van der Waals surface area (Å²) < 4.78 is 16.8. The number of anilines is 1. The number of aryl methyl sites for hydroxylation is 1. The summed E-state index contributed by atoms with van der Waals surface area (Å²) in [5.41, 5.74) is 0.591. The van der Waals surface area contributed by atoms with E-state index in [0.29, 0.717) is 22.5 Å². The number of benzene rings is 2. The van der Waals surface area contributed by atoms with Crippen LogP contribution in [0.3, 0.4) is 0 Å². The van der Waals surface area contributed by atoms with E-state index >= 15 is 0 Å². The molecule has 1 fully saturated rings. The number of nitrogens with zero attached hydrogens (tertiary/aromatic N) is 1. The van der Waals surface area contributed by atoms with E-state index in [2.05, 4.69) is 17.3 Å². The average Bonchev–Trinajstić information content (AvgIpc) is 2.73. The van der Waals surface area contributed by atoms with E-state index in [1.807, 2.05) is 25.1 Å². The van der Waals surface area contributed by atoms with Crippen molar-refractivity contribution in [2.45, 2.75) is 25.9 Å². The van der Waals surface area contributed by atoms with Crippen LogP contribution in [0.25, 0.3) is 11.0 Å². The Kier molecular flexibility index (Phi) is 5.72. The Morgan fingerprint density at radius 1 is 1.13 bits per heavy atom. The summed E-state index contributed by atoms with van der Waals surface area (Å²) in [4.78, 5) is 26.8. The van der Waals surface area contributed by atoms with Gasteiger partial charge in [-0.2, -0.15) is 0 Å². The van der Waals surface area contributed by atoms with E-state index in [-0.39, 0.29) is 11.8 Å². The van der Waals surface area contributed by atoms with E-state index in [4.69, 9.17) is 13.9 Å². The highest BCUT2D eigenvalue weighted by Gasteiger charge is 2.20. The summed E-state index contributed by atoms with van der Waals surface area (Å²) in [5, 5.41) is 3.14. The number of hydrogen-bond donors (Lipinski definition) is 1. The molecule has 0 bridgehead atoms. The van der Waals surface area contributed by atoms with Gasteiger partial charge in [0.2, 0.25) is 0 Å². The maximum absolute atomic E-state index is 12.4.